The van der Waals surface area contributed by atoms with Crippen LogP contribution in [0.25, 0.3) is 0 Å². The summed E-state index contributed by atoms with van der Waals surface area (Å²) in [6.45, 7) is 5.81. The zero-order chi connectivity index (χ0) is 13.4. The normalized spacial score (nSPS) is 26.1. The highest BCUT2D eigenvalue weighted by atomic mass is 32.1. The Hall–Kier alpha value is -1.46. The number of hydrogen-bond donors (Lipinski definition) is 0. The fraction of sp³-hybridized carbons (Fsp3) is 0.467. The van der Waals surface area contributed by atoms with Gasteiger partial charge in [-0.1, -0.05) is 41.7 Å². The van der Waals surface area contributed by atoms with E-state index in [4.69, 9.17) is 0 Å². The number of likely N-dealkylation sites (tertiary alicyclic amines) is 1. The molecule has 2 unspecified atom stereocenters. The maximum atomic E-state index is 4.19. The molecule has 2 fully saturated rings. The minimum absolute atomic E-state index is 0.794. The number of anilines is 1. The monoisotopic (exact) mass is 286 g/mol. The van der Waals surface area contributed by atoms with E-state index in [-0.39, 0.29) is 0 Å². The molecule has 0 radical (unpaired) electrons. The molecule has 0 N–H and O–H groups in total. The van der Waals surface area contributed by atoms with Crippen molar-refractivity contribution in [2.45, 2.75) is 6.54 Å². The number of rotatable bonds is 3. The molecule has 5 heteroatoms. The molecule has 2 aliphatic rings. The van der Waals surface area contributed by atoms with Crippen molar-refractivity contribution in [2.24, 2.45) is 11.8 Å². The van der Waals surface area contributed by atoms with Crippen LogP contribution in [0.2, 0.25) is 0 Å². The molecule has 1 aromatic heterocycles. The van der Waals surface area contributed by atoms with Gasteiger partial charge in [0.05, 0.1) is 0 Å². The summed E-state index contributed by atoms with van der Waals surface area (Å²) >= 11 is 1.65. The van der Waals surface area contributed by atoms with Crippen LogP contribution in [0, 0.1) is 11.8 Å². The quantitative estimate of drug-likeness (QED) is 0.865. The third-order valence-corrected chi connectivity index (χ3v) is 5.18. The van der Waals surface area contributed by atoms with Gasteiger partial charge in [-0.3, -0.25) is 4.90 Å². The summed E-state index contributed by atoms with van der Waals surface area (Å²) in [4.78, 5) is 5.01. The number of fused-ring (bicyclic) bond motifs is 1. The van der Waals surface area contributed by atoms with Crippen molar-refractivity contribution in [1.82, 2.24) is 15.1 Å². The molecule has 3 heterocycles. The Bertz CT molecular complexity index is 543. The summed E-state index contributed by atoms with van der Waals surface area (Å²) in [5.74, 6) is 1.59. The molecule has 2 atom stereocenters. The molecule has 4 rings (SSSR count). The largest absolute Gasteiger partial charge is 0.346 e. The second-order valence-electron chi connectivity index (χ2n) is 5.83. The lowest BCUT2D eigenvalue weighted by Gasteiger charge is -2.20. The van der Waals surface area contributed by atoms with E-state index in [1.807, 2.05) is 5.51 Å². The number of nitrogens with zero attached hydrogens (tertiary/aromatic N) is 4. The Labute approximate surface area is 123 Å². The lowest BCUT2D eigenvalue weighted by molar-refractivity contribution is 0.309. The third kappa shape index (κ3) is 2.31. The average molecular weight is 286 g/mol. The molecule has 2 aliphatic heterocycles. The second kappa shape index (κ2) is 5.14. The molecule has 1 aromatic carbocycles. The zero-order valence-electron chi connectivity index (χ0n) is 11.4. The van der Waals surface area contributed by atoms with Crippen LogP contribution in [0.4, 0.5) is 5.13 Å². The van der Waals surface area contributed by atoms with Gasteiger partial charge in [0.25, 0.3) is 0 Å². The Balaban J connectivity index is 1.37. The topological polar surface area (TPSA) is 32.3 Å². The van der Waals surface area contributed by atoms with Crippen molar-refractivity contribution in [1.29, 1.82) is 0 Å². The van der Waals surface area contributed by atoms with Gasteiger partial charge in [-0.15, -0.1) is 10.2 Å². The number of aromatic nitrogens is 2. The Morgan fingerprint density at radius 2 is 1.80 bits per heavy atom. The molecule has 0 spiro atoms. The third-order valence-electron chi connectivity index (χ3n) is 4.43. The van der Waals surface area contributed by atoms with Crippen molar-refractivity contribution in [2.75, 3.05) is 31.1 Å². The van der Waals surface area contributed by atoms with E-state index in [0.29, 0.717) is 0 Å². The van der Waals surface area contributed by atoms with Gasteiger partial charge in [-0.25, -0.2) is 0 Å². The maximum Gasteiger partial charge on any atom is 0.208 e. The molecular weight excluding hydrogens is 268 g/mol. The summed E-state index contributed by atoms with van der Waals surface area (Å²) in [7, 11) is 0. The number of benzene rings is 1. The van der Waals surface area contributed by atoms with Crippen LogP contribution in [0.3, 0.4) is 0 Å². The van der Waals surface area contributed by atoms with Gasteiger partial charge >= 0.3 is 0 Å². The Morgan fingerprint density at radius 1 is 1.05 bits per heavy atom. The van der Waals surface area contributed by atoms with Gasteiger partial charge < -0.3 is 4.90 Å². The molecule has 4 nitrogen and oxygen atoms in total. The zero-order valence-corrected chi connectivity index (χ0v) is 12.2. The number of hydrogen-bond acceptors (Lipinski definition) is 5. The average Bonchev–Trinajstić information content (AvgIpc) is 3.13. The van der Waals surface area contributed by atoms with Gasteiger partial charge in [0, 0.05) is 32.7 Å². The van der Waals surface area contributed by atoms with E-state index in [1.165, 1.54) is 18.7 Å². The van der Waals surface area contributed by atoms with Crippen LogP contribution in [-0.2, 0) is 6.54 Å². The molecule has 0 amide bonds. The van der Waals surface area contributed by atoms with Crippen LogP contribution in [0.5, 0.6) is 0 Å². The van der Waals surface area contributed by atoms with Gasteiger partial charge in [0.2, 0.25) is 5.13 Å². The highest BCUT2D eigenvalue weighted by Gasteiger charge is 2.40. The van der Waals surface area contributed by atoms with Crippen LogP contribution < -0.4 is 4.90 Å². The van der Waals surface area contributed by atoms with E-state index >= 15 is 0 Å². The van der Waals surface area contributed by atoms with Gasteiger partial charge in [-0.05, 0) is 17.4 Å². The minimum Gasteiger partial charge on any atom is -0.346 e. The van der Waals surface area contributed by atoms with Crippen molar-refractivity contribution in [3.05, 3.63) is 41.4 Å². The molecular formula is C15H18N4S. The van der Waals surface area contributed by atoms with Crippen LogP contribution in [-0.4, -0.2) is 41.3 Å². The fourth-order valence-corrected chi connectivity index (χ4v) is 4.10. The first-order valence-electron chi connectivity index (χ1n) is 7.16. The lowest BCUT2D eigenvalue weighted by Crippen LogP contribution is -2.28. The highest BCUT2D eigenvalue weighted by molar-refractivity contribution is 7.13. The van der Waals surface area contributed by atoms with Crippen LogP contribution in [0.1, 0.15) is 5.56 Å². The predicted molar refractivity (Wildman–Crippen MR) is 80.8 cm³/mol. The summed E-state index contributed by atoms with van der Waals surface area (Å²) in [5, 5.41) is 9.23. The van der Waals surface area contributed by atoms with Crippen molar-refractivity contribution < 1.29 is 0 Å². The van der Waals surface area contributed by atoms with Crippen LogP contribution in [0.15, 0.2) is 35.8 Å². The maximum absolute atomic E-state index is 4.19. The molecule has 0 bridgehead atoms. The second-order valence-corrected chi connectivity index (χ2v) is 6.64. The molecule has 104 valence electrons. The molecule has 2 aromatic rings. The first kappa shape index (κ1) is 12.3. The van der Waals surface area contributed by atoms with E-state index in [2.05, 4.69) is 50.3 Å². The van der Waals surface area contributed by atoms with E-state index in [1.54, 1.807) is 11.3 Å². The smallest absolute Gasteiger partial charge is 0.208 e. The fourth-order valence-electron chi connectivity index (χ4n) is 3.52. The van der Waals surface area contributed by atoms with E-state index in [0.717, 1.165) is 36.6 Å². The lowest BCUT2D eigenvalue weighted by atomic mass is 10.0. The Kier molecular flexibility index (Phi) is 3.16. The SMILES string of the molecule is c1ccc(CN2CC3CN(c4nncs4)CC3C2)cc1. The van der Waals surface area contributed by atoms with Crippen molar-refractivity contribution in [3.63, 3.8) is 0 Å². The Morgan fingerprint density at radius 3 is 2.45 bits per heavy atom. The van der Waals surface area contributed by atoms with Crippen molar-refractivity contribution >= 4 is 16.5 Å². The highest BCUT2D eigenvalue weighted by Crippen LogP contribution is 2.34. The summed E-state index contributed by atoms with van der Waals surface area (Å²) in [6, 6.07) is 10.8. The van der Waals surface area contributed by atoms with Crippen LogP contribution >= 0.6 is 11.3 Å². The van der Waals surface area contributed by atoms with Gasteiger partial charge in [0.15, 0.2) is 0 Å². The summed E-state index contributed by atoms with van der Waals surface area (Å²) in [5.41, 5.74) is 3.25. The summed E-state index contributed by atoms with van der Waals surface area (Å²) in [6.07, 6.45) is 0. The first-order valence-corrected chi connectivity index (χ1v) is 8.04. The van der Waals surface area contributed by atoms with Gasteiger partial charge in [0.1, 0.15) is 5.51 Å². The molecule has 0 saturated carbocycles. The first-order chi connectivity index (χ1) is 9.88. The van der Waals surface area contributed by atoms with Gasteiger partial charge in [-0.2, -0.15) is 0 Å². The van der Waals surface area contributed by atoms with Crippen molar-refractivity contribution in [3.8, 4) is 0 Å². The molecule has 0 aliphatic carbocycles. The van der Waals surface area contributed by atoms with E-state index < -0.39 is 0 Å². The predicted octanol–water partition coefficient (Wildman–Crippen LogP) is 2.11. The van der Waals surface area contributed by atoms with E-state index in [9.17, 15) is 0 Å². The molecule has 2 saturated heterocycles. The summed E-state index contributed by atoms with van der Waals surface area (Å²) < 4.78 is 0. The standard InChI is InChI=1S/C15H18N4S/c1-2-4-12(5-3-1)6-18-7-13-9-19(10-14(13)8-18)15-17-16-11-20-15/h1-5,11,13-14H,6-10H2. The molecule has 20 heavy (non-hydrogen) atoms. The minimum atomic E-state index is 0.794.